The van der Waals surface area contributed by atoms with Gasteiger partial charge in [-0.15, -0.1) is 0 Å². The summed E-state index contributed by atoms with van der Waals surface area (Å²) in [5.74, 6) is 1.46. The van der Waals surface area contributed by atoms with Gasteiger partial charge in [-0.3, -0.25) is 4.21 Å². The quantitative estimate of drug-likeness (QED) is 0.876. The number of fused-ring (bicyclic) bond motifs is 1. The van der Waals surface area contributed by atoms with Gasteiger partial charge in [0.05, 0.1) is 0 Å². The van der Waals surface area contributed by atoms with E-state index in [4.69, 9.17) is 0 Å². The van der Waals surface area contributed by atoms with E-state index in [0.717, 1.165) is 12.2 Å². The largest absolute Gasteiger partial charge is 0.312 e. The molecule has 2 unspecified atom stereocenters. The van der Waals surface area contributed by atoms with Gasteiger partial charge in [-0.2, -0.15) is 0 Å². The minimum atomic E-state index is -0.756. The summed E-state index contributed by atoms with van der Waals surface area (Å²) in [6.07, 6.45) is 0.971. The molecular weight excluding hydrogens is 254 g/mol. The van der Waals surface area contributed by atoms with Crippen molar-refractivity contribution in [2.75, 3.05) is 18.6 Å². The minimum absolute atomic E-state index is 0.151. The first kappa shape index (κ1) is 14.2. The molecule has 3 heteroatoms. The third-order valence-corrected chi connectivity index (χ3v) is 4.90. The van der Waals surface area contributed by atoms with E-state index in [2.05, 4.69) is 54.7 Å². The van der Waals surface area contributed by atoms with E-state index in [9.17, 15) is 4.21 Å². The zero-order chi connectivity index (χ0) is 13.7. The van der Waals surface area contributed by atoms with E-state index in [0.29, 0.717) is 5.75 Å². The fourth-order valence-corrected chi connectivity index (χ4v) is 3.72. The Morgan fingerprint density at radius 3 is 2.63 bits per heavy atom. The number of hydrogen-bond acceptors (Lipinski definition) is 2. The summed E-state index contributed by atoms with van der Waals surface area (Å²) >= 11 is 0. The van der Waals surface area contributed by atoms with Gasteiger partial charge >= 0.3 is 0 Å². The molecule has 2 nitrogen and oxygen atoms in total. The second kappa shape index (κ2) is 6.83. The maximum Gasteiger partial charge on any atom is 0.0440 e. The van der Waals surface area contributed by atoms with Crippen LogP contribution in [0.1, 0.15) is 24.9 Å². The number of hydrogen-bond donors (Lipinski definition) is 1. The van der Waals surface area contributed by atoms with E-state index in [-0.39, 0.29) is 6.04 Å². The molecule has 0 amide bonds. The van der Waals surface area contributed by atoms with Crippen LogP contribution < -0.4 is 5.32 Å². The average molecular weight is 275 g/mol. The first-order valence-electron chi connectivity index (χ1n) is 6.76. The van der Waals surface area contributed by atoms with Crippen LogP contribution in [0, 0.1) is 0 Å². The molecule has 0 aliphatic rings. The lowest BCUT2D eigenvalue weighted by molar-refractivity contribution is 0.638. The Balaban J connectivity index is 2.32. The van der Waals surface area contributed by atoms with Gasteiger partial charge in [0.25, 0.3) is 0 Å². The van der Waals surface area contributed by atoms with Crippen LogP contribution in [0.4, 0.5) is 0 Å². The molecule has 0 aromatic heterocycles. The molecule has 0 aliphatic carbocycles. The van der Waals surface area contributed by atoms with E-state index in [1.807, 2.05) is 7.05 Å². The van der Waals surface area contributed by atoms with Gasteiger partial charge in [-0.25, -0.2) is 0 Å². The van der Waals surface area contributed by atoms with Crippen molar-refractivity contribution in [3.05, 3.63) is 48.0 Å². The van der Waals surface area contributed by atoms with Crippen LogP contribution >= 0.6 is 0 Å². The fourth-order valence-electron chi connectivity index (χ4n) is 2.38. The first-order valence-corrected chi connectivity index (χ1v) is 8.25. The van der Waals surface area contributed by atoms with Crippen LogP contribution in [-0.4, -0.2) is 22.8 Å². The van der Waals surface area contributed by atoms with Crippen LogP contribution in [-0.2, 0) is 10.8 Å². The van der Waals surface area contributed by atoms with Crippen LogP contribution in [0.15, 0.2) is 42.5 Å². The Hall–Kier alpha value is -1.19. The minimum Gasteiger partial charge on any atom is -0.312 e. The van der Waals surface area contributed by atoms with Gasteiger partial charge < -0.3 is 5.32 Å². The zero-order valence-electron chi connectivity index (χ0n) is 11.6. The van der Waals surface area contributed by atoms with E-state index < -0.39 is 10.8 Å². The molecule has 0 spiro atoms. The molecule has 0 saturated carbocycles. The standard InChI is InChI=1S/C16H21NOS/c1-3-11-19(18)12-16(17-2)15-10-6-8-13-7-4-5-9-14(13)15/h4-10,16-17H,3,11-12H2,1-2H3. The Bertz CT molecular complexity index is 562. The molecule has 0 heterocycles. The molecular formula is C16H21NOS. The Kier molecular flexibility index (Phi) is 5.11. The third kappa shape index (κ3) is 3.43. The maximum atomic E-state index is 12.0. The summed E-state index contributed by atoms with van der Waals surface area (Å²) in [6, 6.07) is 14.8. The van der Waals surface area contributed by atoms with Crippen LogP contribution in [0.25, 0.3) is 10.8 Å². The second-order valence-corrected chi connectivity index (χ2v) is 6.34. The van der Waals surface area contributed by atoms with Crippen LogP contribution in [0.3, 0.4) is 0 Å². The van der Waals surface area contributed by atoms with Gasteiger partial charge in [0.2, 0.25) is 0 Å². The lowest BCUT2D eigenvalue weighted by atomic mass is 10.00. The van der Waals surface area contributed by atoms with Crippen LogP contribution in [0.5, 0.6) is 0 Å². The summed E-state index contributed by atoms with van der Waals surface area (Å²) in [4.78, 5) is 0. The highest BCUT2D eigenvalue weighted by molar-refractivity contribution is 7.85. The molecule has 0 saturated heterocycles. The highest BCUT2D eigenvalue weighted by Gasteiger charge is 2.15. The summed E-state index contributed by atoms with van der Waals surface area (Å²) in [6.45, 7) is 2.07. The number of benzene rings is 2. The Labute approximate surface area is 117 Å². The Morgan fingerprint density at radius 1 is 1.16 bits per heavy atom. The van der Waals surface area contributed by atoms with E-state index in [1.54, 1.807) is 0 Å². The summed E-state index contributed by atoms with van der Waals surface area (Å²) < 4.78 is 12.0. The average Bonchev–Trinajstić information content (AvgIpc) is 2.44. The smallest absolute Gasteiger partial charge is 0.0440 e. The molecule has 0 aliphatic heterocycles. The van der Waals surface area contributed by atoms with Gasteiger partial charge in [-0.1, -0.05) is 49.4 Å². The van der Waals surface area contributed by atoms with Crippen molar-refractivity contribution >= 4 is 21.6 Å². The SMILES string of the molecule is CCCS(=O)CC(NC)c1cccc2ccccc12. The molecule has 2 aromatic carbocycles. The predicted molar refractivity (Wildman–Crippen MR) is 83.9 cm³/mol. The summed E-state index contributed by atoms with van der Waals surface area (Å²) in [5, 5.41) is 5.79. The molecule has 1 N–H and O–H groups in total. The van der Waals surface area contributed by atoms with Crippen molar-refractivity contribution in [3.63, 3.8) is 0 Å². The monoisotopic (exact) mass is 275 g/mol. The molecule has 0 bridgehead atoms. The molecule has 0 fully saturated rings. The summed E-state index contributed by atoms with van der Waals surface area (Å²) in [5.41, 5.74) is 1.24. The molecule has 0 radical (unpaired) electrons. The number of nitrogens with one attached hydrogen (secondary N) is 1. The zero-order valence-corrected chi connectivity index (χ0v) is 12.4. The first-order chi connectivity index (χ1) is 9.26. The topological polar surface area (TPSA) is 29.1 Å². The van der Waals surface area contributed by atoms with Crippen molar-refractivity contribution in [3.8, 4) is 0 Å². The Morgan fingerprint density at radius 2 is 1.89 bits per heavy atom. The lowest BCUT2D eigenvalue weighted by Crippen LogP contribution is -2.23. The summed E-state index contributed by atoms with van der Waals surface area (Å²) in [7, 11) is 1.18. The second-order valence-electron chi connectivity index (χ2n) is 4.72. The van der Waals surface area contributed by atoms with Crippen LogP contribution in [0.2, 0.25) is 0 Å². The van der Waals surface area contributed by atoms with Gasteiger partial charge in [0.1, 0.15) is 0 Å². The predicted octanol–water partition coefficient (Wildman–Crippen LogP) is 3.26. The maximum absolute atomic E-state index is 12.0. The normalized spacial score (nSPS) is 14.4. The van der Waals surface area contributed by atoms with Gasteiger partial charge in [0.15, 0.2) is 0 Å². The lowest BCUT2D eigenvalue weighted by Gasteiger charge is -2.18. The molecule has 19 heavy (non-hydrogen) atoms. The van der Waals surface area contributed by atoms with Crippen molar-refractivity contribution in [1.82, 2.24) is 5.32 Å². The molecule has 2 aromatic rings. The van der Waals surface area contributed by atoms with Crippen molar-refractivity contribution in [2.24, 2.45) is 0 Å². The van der Waals surface area contributed by atoms with Crippen molar-refractivity contribution in [2.45, 2.75) is 19.4 Å². The third-order valence-electron chi connectivity index (χ3n) is 3.33. The highest BCUT2D eigenvalue weighted by atomic mass is 32.2. The number of rotatable bonds is 6. The van der Waals surface area contributed by atoms with Gasteiger partial charge in [0, 0.05) is 28.3 Å². The van der Waals surface area contributed by atoms with Crippen molar-refractivity contribution < 1.29 is 4.21 Å². The van der Waals surface area contributed by atoms with E-state index in [1.165, 1.54) is 16.3 Å². The molecule has 2 rings (SSSR count). The molecule has 102 valence electrons. The van der Waals surface area contributed by atoms with Crippen molar-refractivity contribution in [1.29, 1.82) is 0 Å². The van der Waals surface area contributed by atoms with E-state index >= 15 is 0 Å². The highest BCUT2D eigenvalue weighted by Crippen LogP contribution is 2.24. The fraction of sp³-hybridized carbons (Fsp3) is 0.375. The van der Waals surface area contributed by atoms with Gasteiger partial charge in [-0.05, 0) is 29.8 Å². The molecule has 2 atom stereocenters.